The first-order valence-electron chi connectivity index (χ1n) is 10.4. The zero-order valence-corrected chi connectivity index (χ0v) is 17.1. The molecule has 1 saturated carbocycles. The van der Waals surface area contributed by atoms with Crippen molar-refractivity contribution in [2.45, 2.75) is 44.1 Å². The van der Waals surface area contributed by atoms with Crippen molar-refractivity contribution in [1.82, 2.24) is 4.90 Å². The molecule has 1 amide bonds. The predicted molar refractivity (Wildman–Crippen MR) is 111 cm³/mol. The van der Waals surface area contributed by atoms with E-state index in [9.17, 15) is 9.59 Å². The zero-order valence-electron chi connectivity index (χ0n) is 16.3. The van der Waals surface area contributed by atoms with Crippen molar-refractivity contribution in [3.63, 3.8) is 0 Å². The third kappa shape index (κ3) is 3.49. The maximum absolute atomic E-state index is 12.6. The van der Waals surface area contributed by atoms with Gasteiger partial charge in [-0.3, -0.25) is 4.79 Å². The smallest absolute Gasteiger partial charge is 0.345 e. The Morgan fingerprint density at radius 2 is 1.86 bits per heavy atom. The normalized spacial score (nSPS) is 25.3. The minimum absolute atomic E-state index is 0.190. The second-order valence-corrected chi connectivity index (χ2v) is 9.62. The molecule has 3 heterocycles. The second-order valence-electron chi connectivity index (χ2n) is 8.54. The van der Waals surface area contributed by atoms with Gasteiger partial charge in [-0.25, -0.2) is 4.79 Å². The lowest BCUT2D eigenvalue weighted by molar-refractivity contribution is -0.142. The molecule has 6 heteroatoms. The highest BCUT2D eigenvalue weighted by Crippen LogP contribution is 2.65. The molecule has 1 aliphatic carbocycles. The van der Waals surface area contributed by atoms with Crippen molar-refractivity contribution in [2.75, 3.05) is 19.7 Å². The van der Waals surface area contributed by atoms with Gasteiger partial charge in [-0.15, -0.1) is 11.3 Å². The number of likely N-dealkylation sites (tertiary alicyclic amines) is 1. The highest BCUT2D eigenvalue weighted by atomic mass is 32.1. The molecule has 3 aliphatic rings. The van der Waals surface area contributed by atoms with Gasteiger partial charge in [0.2, 0.25) is 0 Å². The van der Waals surface area contributed by atoms with Crippen LogP contribution in [-0.4, -0.2) is 47.7 Å². The number of aromatic carboxylic acids is 1. The SMILES string of the molecule is O=C(O)c1ccc(-c2ccc([C@H]3CC34CCN(C(=O)C3CCCO3)CC4)cc2)s1. The van der Waals surface area contributed by atoms with E-state index in [0.717, 1.165) is 55.8 Å². The molecule has 1 N–H and O–H groups in total. The highest BCUT2D eigenvalue weighted by Gasteiger charge is 2.55. The van der Waals surface area contributed by atoms with Gasteiger partial charge in [-0.1, -0.05) is 24.3 Å². The van der Waals surface area contributed by atoms with Crippen LogP contribution in [0.25, 0.3) is 10.4 Å². The van der Waals surface area contributed by atoms with E-state index < -0.39 is 5.97 Å². The number of hydrogen-bond donors (Lipinski definition) is 1. The number of carbonyl (C=O) groups excluding carboxylic acids is 1. The molecule has 2 saturated heterocycles. The number of ether oxygens (including phenoxy) is 1. The molecule has 0 radical (unpaired) electrons. The molecule has 5 nitrogen and oxygen atoms in total. The fraction of sp³-hybridized carbons (Fsp3) is 0.478. The molecule has 2 aliphatic heterocycles. The van der Waals surface area contributed by atoms with Crippen LogP contribution in [0, 0.1) is 5.41 Å². The quantitative estimate of drug-likeness (QED) is 0.810. The van der Waals surface area contributed by atoms with Gasteiger partial charge in [0.25, 0.3) is 5.91 Å². The first-order chi connectivity index (χ1) is 14.1. The molecule has 1 spiro atoms. The minimum Gasteiger partial charge on any atom is -0.477 e. The van der Waals surface area contributed by atoms with Crippen molar-refractivity contribution in [3.8, 4) is 10.4 Å². The summed E-state index contributed by atoms with van der Waals surface area (Å²) in [5, 5.41) is 9.10. The second kappa shape index (κ2) is 7.26. The summed E-state index contributed by atoms with van der Waals surface area (Å²) in [6.07, 6.45) is 5.01. The molecular weight excluding hydrogens is 386 g/mol. The van der Waals surface area contributed by atoms with E-state index in [1.165, 1.54) is 23.3 Å². The van der Waals surface area contributed by atoms with Crippen molar-refractivity contribution in [2.24, 2.45) is 5.41 Å². The van der Waals surface area contributed by atoms with E-state index in [4.69, 9.17) is 9.84 Å². The summed E-state index contributed by atoms with van der Waals surface area (Å²) in [6, 6.07) is 12.1. The monoisotopic (exact) mass is 411 g/mol. The van der Waals surface area contributed by atoms with E-state index in [1.807, 2.05) is 11.0 Å². The molecule has 29 heavy (non-hydrogen) atoms. The Morgan fingerprint density at radius 1 is 1.10 bits per heavy atom. The Bertz CT molecular complexity index is 921. The lowest BCUT2D eigenvalue weighted by atomic mass is 9.88. The lowest BCUT2D eigenvalue weighted by Gasteiger charge is -2.34. The fourth-order valence-corrected chi connectivity index (χ4v) is 5.86. The van der Waals surface area contributed by atoms with Crippen LogP contribution in [0.15, 0.2) is 36.4 Å². The summed E-state index contributed by atoms with van der Waals surface area (Å²) in [5.41, 5.74) is 2.79. The lowest BCUT2D eigenvalue weighted by Crippen LogP contribution is -2.44. The van der Waals surface area contributed by atoms with E-state index in [0.29, 0.717) is 16.2 Å². The first-order valence-corrected chi connectivity index (χ1v) is 11.2. The van der Waals surface area contributed by atoms with Gasteiger partial charge in [0.05, 0.1) is 0 Å². The van der Waals surface area contributed by atoms with Crippen LogP contribution in [0.5, 0.6) is 0 Å². The van der Waals surface area contributed by atoms with Gasteiger partial charge in [0.1, 0.15) is 11.0 Å². The van der Waals surface area contributed by atoms with Crippen LogP contribution in [0.3, 0.4) is 0 Å². The number of carboxylic acids is 1. The number of thiophene rings is 1. The Kier molecular flexibility index (Phi) is 4.71. The van der Waals surface area contributed by atoms with Crippen LogP contribution in [0.1, 0.15) is 53.3 Å². The third-order valence-corrected chi connectivity index (χ3v) is 8.00. The molecule has 152 valence electrons. The first kappa shape index (κ1) is 18.8. The third-order valence-electron chi connectivity index (χ3n) is 6.88. The summed E-state index contributed by atoms with van der Waals surface area (Å²) in [7, 11) is 0. The topological polar surface area (TPSA) is 66.8 Å². The maximum atomic E-state index is 12.6. The highest BCUT2D eigenvalue weighted by molar-refractivity contribution is 7.17. The maximum Gasteiger partial charge on any atom is 0.345 e. The molecule has 5 rings (SSSR count). The predicted octanol–water partition coefficient (Wildman–Crippen LogP) is 4.39. The average Bonchev–Trinajstić information content (AvgIpc) is 3.17. The van der Waals surface area contributed by atoms with E-state index >= 15 is 0 Å². The Balaban J connectivity index is 1.21. The van der Waals surface area contributed by atoms with E-state index in [-0.39, 0.29) is 12.0 Å². The largest absolute Gasteiger partial charge is 0.477 e. The van der Waals surface area contributed by atoms with Crippen LogP contribution in [-0.2, 0) is 9.53 Å². The number of carbonyl (C=O) groups is 2. The van der Waals surface area contributed by atoms with E-state index in [2.05, 4.69) is 24.3 Å². The van der Waals surface area contributed by atoms with Crippen LogP contribution < -0.4 is 0 Å². The molecular formula is C23H25NO4S. The van der Waals surface area contributed by atoms with Gasteiger partial charge < -0.3 is 14.7 Å². The van der Waals surface area contributed by atoms with Crippen molar-refractivity contribution in [3.05, 3.63) is 46.8 Å². The molecule has 1 unspecified atom stereocenters. The summed E-state index contributed by atoms with van der Waals surface area (Å²) in [6.45, 7) is 2.41. The zero-order chi connectivity index (χ0) is 20.0. The fourth-order valence-electron chi connectivity index (χ4n) is 5.01. The molecule has 0 bridgehead atoms. The molecule has 3 fully saturated rings. The number of amides is 1. The van der Waals surface area contributed by atoms with Gasteiger partial charge >= 0.3 is 5.97 Å². The number of benzene rings is 1. The standard InChI is InChI=1S/C23H25NO4S/c25-21(18-2-1-13-28-18)24-11-9-23(10-12-24)14-17(23)15-3-5-16(6-4-15)19-7-8-20(29-19)22(26)27/h3-8,17-18H,1-2,9-14H2,(H,26,27)/t17-,18?/m1/s1. The number of carboxylic acid groups (broad SMARTS) is 1. The Labute approximate surface area is 174 Å². The summed E-state index contributed by atoms with van der Waals surface area (Å²) >= 11 is 1.31. The van der Waals surface area contributed by atoms with Gasteiger partial charge in [0.15, 0.2) is 0 Å². The number of nitrogens with zero attached hydrogens (tertiary/aromatic N) is 1. The van der Waals surface area contributed by atoms with Crippen LogP contribution >= 0.6 is 11.3 Å². The van der Waals surface area contributed by atoms with Crippen molar-refractivity contribution in [1.29, 1.82) is 0 Å². The Morgan fingerprint density at radius 3 is 2.48 bits per heavy atom. The van der Waals surface area contributed by atoms with Gasteiger partial charge in [-0.2, -0.15) is 0 Å². The number of rotatable bonds is 4. The van der Waals surface area contributed by atoms with Gasteiger partial charge in [0, 0.05) is 24.6 Å². The molecule has 2 atom stereocenters. The van der Waals surface area contributed by atoms with Crippen LogP contribution in [0.2, 0.25) is 0 Å². The number of hydrogen-bond acceptors (Lipinski definition) is 4. The average molecular weight is 412 g/mol. The van der Waals surface area contributed by atoms with Crippen molar-refractivity contribution < 1.29 is 19.4 Å². The summed E-state index contributed by atoms with van der Waals surface area (Å²) in [4.78, 5) is 27.0. The summed E-state index contributed by atoms with van der Waals surface area (Å²) < 4.78 is 5.57. The molecule has 1 aromatic heterocycles. The summed E-state index contributed by atoms with van der Waals surface area (Å²) in [5.74, 6) is -0.105. The molecule has 1 aromatic carbocycles. The number of piperidine rings is 1. The van der Waals surface area contributed by atoms with Gasteiger partial charge in [-0.05, 0) is 66.7 Å². The van der Waals surface area contributed by atoms with Crippen LogP contribution in [0.4, 0.5) is 0 Å². The Hall–Kier alpha value is -2.18. The van der Waals surface area contributed by atoms with Crippen molar-refractivity contribution >= 4 is 23.2 Å². The van der Waals surface area contributed by atoms with E-state index in [1.54, 1.807) is 6.07 Å². The molecule has 2 aromatic rings. The minimum atomic E-state index is -0.873.